The first-order chi connectivity index (χ1) is 8.16. The molecule has 2 saturated carbocycles. The average Bonchev–Trinajstić information content (AvgIpc) is 3.15. The summed E-state index contributed by atoms with van der Waals surface area (Å²) in [5.41, 5.74) is 0. The molecule has 3 fully saturated rings. The highest BCUT2D eigenvalue weighted by atomic mass is 16.2. The lowest BCUT2D eigenvalue weighted by Crippen LogP contribution is -2.58. The molecule has 0 aromatic carbocycles. The zero-order chi connectivity index (χ0) is 12.0. The van der Waals surface area contributed by atoms with Gasteiger partial charge in [0.15, 0.2) is 0 Å². The molecule has 0 aromatic heterocycles. The first kappa shape index (κ1) is 11.1. The maximum atomic E-state index is 11.9. The molecular formula is C13H20N2O2. The van der Waals surface area contributed by atoms with Crippen LogP contribution < -0.4 is 5.32 Å². The van der Waals surface area contributed by atoms with E-state index in [0.29, 0.717) is 5.92 Å². The predicted octanol–water partition coefficient (Wildman–Crippen LogP) is 0.769. The maximum absolute atomic E-state index is 11.9. The number of hydrogen-bond donors (Lipinski definition) is 1. The third kappa shape index (κ3) is 2.17. The largest absolute Gasteiger partial charge is 0.345 e. The van der Waals surface area contributed by atoms with E-state index < -0.39 is 0 Å². The predicted molar refractivity (Wildman–Crippen MR) is 63.1 cm³/mol. The number of rotatable bonds is 4. The minimum absolute atomic E-state index is 0.00468. The summed E-state index contributed by atoms with van der Waals surface area (Å²) in [7, 11) is 0. The molecule has 0 bridgehead atoms. The lowest BCUT2D eigenvalue weighted by molar-refractivity contribution is -0.145. The minimum Gasteiger partial charge on any atom is -0.345 e. The van der Waals surface area contributed by atoms with Gasteiger partial charge in [-0.25, -0.2) is 0 Å². The van der Waals surface area contributed by atoms with Crippen LogP contribution >= 0.6 is 0 Å². The Kier molecular flexibility index (Phi) is 2.60. The SMILES string of the molecule is CC1C(=O)NCC(=O)N1CC(C1CC1)C1CC1. The van der Waals surface area contributed by atoms with E-state index in [9.17, 15) is 9.59 Å². The topological polar surface area (TPSA) is 49.4 Å². The molecule has 2 aliphatic carbocycles. The molecule has 0 radical (unpaired) electrons. The van der Waals surface area contributed by atoms with Gasteiger partial charge in [-0.3, -0.25) is 9.59 Å². The van der Waals surface area contributed by atoms with Crippen molar-refractivity contribution >= 4 is 11.8 Å². The van der Waals surface area contributed by atoms with Crippen molar-refractivity contribution in [3.05, 3.63) is 0 Å². The molecule has 0 aromatic rings. The first-order valence-corrected chi connectivity index (χ1v) is 6.74. The normalized spacial score (nSPS) is 29.8. The Morgan fingerprint density at radius 2 is 1.82 bits per heavy atom. The van der Waals surface area contributed by atoms with Crippen molar-refractivity contribution in [2.24, 2.45) is 17.8 Å². The van der Waals surface area contributed by atoms with Crippen molar-refractivity contribution in [2.45, 2.75) is 38.6 Å². The molecule has 17 heavy (non-hydrogen) atoms. The molecule has 94 valence electrons. The molecule has 1 unspecified atom stereocenters. The van der Waals surface area contributed by atoms with Gasteiger partial charge in [0.2, 0.25) is 11.8 Å². The van der Waals surface area contributed by atoms with Gasteiger partial charge in [-0.2, -0.15) is 0 Å². The van der Waals surface area contributed by atoms with Gasteiger partial charge < -0.3 is 10.2 Å². The summed E-state index contributed by atoms with van der Waals surface area (Å²) >= 11 is 0. The monoisotopic (exact) mass is 236 g/mol. The van der Waals surface area contributed by atoms with Crippen LogP contribution in [0.2, 0.25) is 0 Å². The molecule has 4 nitrogen and oxygen atoms in total. The van der Waals surface area contributed by atoms with Crippen LogP contribution in [-0.2, 0) is 9.59 Å². The molecule has 4 heteroatoms. The van der Waals surface area contributed by atoms with E-state index in [4.69, 9.17) is 0 Å². The summed E-state index contributed by atoms with van der Waals surface area (Å²) in [5.74, 6) is 2.39. The quantitative estimate of drug-likeness (QED) is 0.784. The zero-order valence-electron chi connectivity index (χ0n) is 10.3. The number of carbonyl (C=O) groups is 2. The molecule has 1 N–H and O–H groups in total. The minimum atomic E-state index is -0.281. The van der Waals surface area contributed by atoms with Crippen molar-refractivity contribution < 1.29 is 9.59 Å². The summed E-state index contributed by atoms with van der Waals surface area (Å²) in [6, 6.07) is -0.281. The summed E-state index contributed by atoms with van der Waals surface area (Å²) in [5, 5.41) is 2.64. The van der Waals surface area contributed by atoms with E-state index in [2.05, 4.69) is 5.32 Å². The molecule has 2 amide bonds. The molecule has 3 aliphatic rings. The molecule has 1 saturated heterocycles. The third-order valence-corrected chi connectivity index (χ3v) is 4.44. The molecule has 1 aliphatic heterocycles. The van der Waals surface area contributed by atoms with Crippen molar-refractivity contribution in [1.82, 2.24) is 10.2 Å². The molecule has 3 rings (SSSR count). The lowest BCUT2D eigenvalue weighted by Gasteiger charge is -2.35. The zero-order valence-corrected chi connectivity index (χ0v) is 10.3. The molecule has 1 atom stereocenters. The van der Waals surface area contributed by atoms with Gasteiger partial charge in [-0.1, -0.05) is 0 Å². The Labute approximate surface area is 102 Å². The Morgan fingerprint density at radius 3 is 2.35 bits per heavy atom. The van der Waals surface area contributed by atoms with Gasteiger partial charge in [0.1, 0.15) is 6.04 Å². The van der Waals surface area contributed by atoms with Crippen LogP contribution in [0.15, 0.2) is 0 Å². The number of nitrogens with one attached hydrogen (secondary N) is 1. The van der Waals surface area contributed by atoms with Crippen LogP contribution in [0.4, 0.5) is 0 Å². The van der Waals surface area contributed by atoms with Gasteiger partial charge in [0.05, 0.1) is 6.54 Å². The lowest BCUT2D eigenvalue weighted by atomic mass is 9.96. The standard InChI is InChI=1S/C13H20N2O2/c1-8-13(17)14-6-12(16)15(8)7-11(9-2-3-9)10-4-5-10/h8-11H,2-7H2,1H3,(H,14,17). The summed E-state index contributed by atoms with van der Waals surface area (Å²) < 4.78 is 0. The molecular weight excluding hydrogens is 216 g/mol. The van der Waals surface area contributed by atoms with Gasteiger partial charge in [0.25, 0.3) is 0 Å². The fraction of sp³-hybridized carbons (Fsp3) is 0.846. The highest BCUT2D eigenvalue weighted by molar-refractivity contribution is 5.94. The molecule has 1 heterocycles. The van der Waals surface area contributed by atoms with Crippen molar-refractivity contribution in [1.29, 1.82) is 0 Å². The highest BCUT2D eigenvalue weighted by Crippen LogP contribution is 2.49. The maximum Gasteiger partial charge on any atom is 0.242 e. The van der Waals surface area contributed by atoms with Crippen LogP contribution in [-0.4, -0.2) is 35.8 Å². The second kappa shape index (κ2) is 4.00. The second-order valence-corrected chi connectivity index (χ2v) is 5.78. The van der Waals surface area contributed by atoms with Crippen LogP contribution in [0.25, 0.3) is 0 Å². The Bertz CT molecular complexity index is 335. The van der Waals surface area contributed by atoms with E-state index in [1.165, 1.54) is 25.7 Å². The van der Waals surface area contributed by atoms with E-state index in [0.717, 1.165) is 18.4 Å². The highest BCUT2D eigenvalue weighted by Gasteiger charge is 2.44. The van der Waals surface area contributed by atoms with Gasteiger partial charge in [-0.05, 0) is 50.4 Å². The number of carbonyl (C=O) groups excluding carboxylic acids is 2. The Balaban J connectivity index is 1.68. The smallest absolute Gasteiger partial charge is 0.242 e. The summed E-state index contributed by atoms with van der Waals surface area (Å²) in [6.07, 6.45) is 5.29. The fourth-order valence-corrected chi connectivity index (χ4v) is 2.99. The van der Waals surface area contributed by atoms with Crippen LogP contribution in [0, 0.1) is 17.8 Å². The van der Waals surface area contributed by atoms with Gasteiger partial charge in [0, 0.05) is 6.54 Å². The third-order valence-electron chi connectivity index (χ3n) is 4.44. The second-order valence-electron chi connectivity index (χ2n) is 5.78. The van der Waals surface area contributed by atoms with Crippen molar-refractivity contribution in [3.8, 4) is 0 Å². The van der Waals surface area contributed by atoms with Crippen LogP contribution in [0.3, 0.4) is 0 Å². The molecule has 0 spiro atoms. The summed E-state index contributed by atoms with van der Waals surface area (Å²) in [6.45, 7) is 2.83. The number of amides is 2. The number of hydrogen-bond acceptors (Lipinski definition) is 2. The van der Waals surface area contributed by atoms with Gasteiger partial charge in [-0.15, -0.1) is 0 Å². The first-order valence-electron chi connectivity index (χ1n) is 6.74. The van der Waals surface area contributed by atoms with E-state index in [1.54, 1.807) is 4.90 Å². The van der Waals surface area contributed by atoms with Crippen molar-refractivity contribution in [2.75, 3.05) is 13.1 Å². The van der Waals surface area contributed by atoms with Crippen molar-refractivity contribution in [3.63, 3.8) is 0 Å². The summed E-state index contributed by atoms with van der Waals surface area (Å²) in [4.78, 5) is 25.3. The van der Waals surface area contributed by atoms with Crippen LogP contribution in [0.5, 0.6) is 0 Å². The fourth-order valence-electron chi connectivity index (χ4n) is 2.99. The van der Waals surface area contributed by atoms with Crippen LogP contribution in [0.1, 0.15) is 32.6 Å². The van der Waals surface area contributed by atoms with Gasteiger partial charge >= 0.3 is 0 Å². The van der Waals surface area contributed by atoms with E-state index >= 15 is 0 Å². The Hall–Kier alpha value is -1.06. The van der Waals surface area contributed by atoms with E-state index in [1.807, 2.05) is 6.92 Å². The number of nitrogens with zero attached hydrogens (tertiary/aromatic N) is 1. The van der Waals surface area contributed by atoms with E-state index in [-0.39, 0.29) is 24.4 Å². The average molecular weight is 236 g/mol. The Morgan fingerprint density at radius 1 is 1.24 bits per heavy atom. The number of piperazine rings is 1.